The van der Waals surface area contributed by atoms with Crippen LogP contribution in [0.5, 0.6) is 0 Å². The molecule has 0 aliphatic rings. The maximum Gasteiger partial charge on any atom is 0.288 e. The van der Waals surface area contributed by atoms with Crippen molar-refractivity contribution in [1.82, 2.24) is 0 Å². The third-order valence-corrected chi connectivity index (χ3v) is 3.21. The summed E-state index contributed by atoms with van der Waals surface area (Å²) in [5.74, 6) is -2.58. The first-order valence-electron chi connectivity index (χ1n) is 6.00. The Balaban J connectivity index is 2.73. The summed E-state index contributed by atoms with van der Waals surface area (Å²) in [6.45, 7) is 3.93. The van der Waals surface area contributed by atoms with E-state index in [9.17, 15) is 13.6 Å². The summed E-state index contributed by atoms with van der Waals surface area (Å²) in [4.78, 5) is 12.2. The van der Waals surface area contributed by atoms with E-state index < -0.39 is 11.8 Å². The van der Waals surface area contributed by atoms with Crippen molar-refractivity contribution in [2.75, 3.05) is 5.32 Å². The lowest BCUT2D eigenvalue weighted by Crippen LogP contribution is -2.36. The highest BCUT2D eigenvalue weighted by atomic mass is 32.2. The molecule has 106 valence electrons. The summed E-state index contributed by atoms with van der Waals surface area (Å²) in [6, 6.07) is 5.82. The molecule has 19 heavy (non-hydrogen) atoms. The smallest absolute Gasteiger partial charge is 0.288 e. The minimum Gasteiger partial charge on any atom is -0.324 e. The van der Waals surface area contributed by atoms with E-state index in [-0.39, 0.29) is 5.91 Å². The summed E-state index contributed by atoms with van der Waals surface area (Å²) in [6.07, 6.45) is 0.552. The number of nitrogens with one attached hydrogen (secondary N) is 1. The van der Waals surface area contributed by atoms with Gasteiger partial charge in [-0.2, -0.15) is 8.78 Å². The number of rotatable bonds is 6. The van der Waals surface area contributed by atoms with Crippen LogP contribution < -0.4 is 11.1 Å². The number of hydrogen-bond acceptors (Lipinski definition) is 3. The fourth-order valence-corrected chi connectivity index (χ4v) is 2.20. The summed E-state index contributed by atoms with van der Waals surface area (Å²) >= 11 is 0.404. The molecule has 0 bridgehead atoms. The van der Waals surface area contributed by atoms with E-state index in [4.69, 9.17) is 5.73 Å². The number of alkyl halides is 2. The van der Waals surface area contributed by atoms with Crippen LogP contribution in [0.25, 0.3) is 0 Å². The number of amides is 1. The Morgan fingerprint density at radius 1 is 1.37 bits per heavy atom. The van der Waals surface area contributed by atoms with Gasteiger partial charge < -0.3 is 11.1 Å². The quantitative estimate of drug-likeness (QED) is 0.790. The summed E-state index contributed by atoms with van der Waals surface area (Å²) in [5, 5.41) is 2.60. The second-order valence-corrected chi connectivity index (χ2v) is 5.63. The Morgan fingerprint density at radius 2 is 2.00 bits per heavy atom. The maximum atomic E-state index is 12.4. The molecule has 1 rings (SSSR count). The second-order valence-electron chi connectivity index (χ2n) is 4.60. The Hall–Kier alpha value is -1.14. The van der Waals surface area contributed by atoms with Crippen molar-refractivity contribution in [3.8, 4) is 0 Å². The Kier molecular flexibility index (Phi) is 6.24. The zero-order chi connectivity index (χ0) is 14.4. The molecule has 1 amide bonds. The van der Waals surface area contributed by atoms with Crippen LogP contribution in [0.4, 0.5) is 14.5 Å². The van der Waals surface area contributed by atoms with Gasteiger partial charge in [0.25, 0.3) is 5.76 Å². The molecule has 0 spiro atoms. The van der Waals surface area contributed by atoms with Gasteiger partial charge in [-0.1, -0.05) is 37.7 Å². The summed E-state index contributed by atoms with van der Waals surface area (Å²) in [7, 11) is 0. The third kappa shape index (κ3) is 5.57. The van der Waals surface area contributed by atoms with Gasteiger partial charge in [0, 0.05) is 4.90 Å². The van der Waals surface area contributed by atoms with Gasteiger partial charge in [0.05, 0.1) is 11.7 Å². The fourth-order valence-electron chi connectivity index (χ4n) is 1.61. The molecule has 0 aliphatic carbocycles. The molecule has 0 heterocycles. The number of para-hydroxylation sites is 1. The van der Waals surface area contributed by atoms with Crippen molar-refractivity contribution in [1.29, 1.82) is 0 Å². The van der Waals surface area contributed by atoms with Gasteiger partial charge in [0.1, 0.15) is 0 Å². The number of carbonyl (C=O) groups excluding carboxylic acids is 1. The first-order valence-corrected chi connectivity index (χ1v) is 6.88. The highest BCUT2D eigenvalue weighted by Crippen LogP contribution is 2.31. The van der Waals surface area contributed by atoms with Crippen LogP contribution in [0.1, 0.15) is 20.3 Å². The number of benzene rings is 1. The number of halogens is 2. The standard InChI is InChI=1S/C13H18F2N2OS/c1-8(2)7-9(16)12(18)17-10-5-3-4-6-11(10)19-13(14)15/h3-6,8-9,13H,7,16H2,1-2H3,(H,17,18). The number of nitrogens with two attached hydrogens (primary N) is 1. The van der Waals surface area contributed by atoms with Gasteiger partial charge in [0.2, 0.25) is 5.91 Å². The highest BCUT2D eigenvalue weighted by Gasteiger charge is 2.17. The normalized spacial score (nSPS) is 12.8. The van der Waals surface area contributed by atoms with E-state index in [0.717, 1.165) is 0 Å². The number of carbonyl (C=O) groups is 1. The lowest BCUT2D eigenvalue weighted by atomic mass is 10.0. The molecule has 0 aliphatic heterocycles. The zero-order valence-corrected chi connectivity index (χ0v) is 11.7. The van der Waals surface area contributed by atoms with E-state index >= 15 is 0 Å². The zero-order valence-electron chi connectivity index (χ0n) is 10.9. The molecule has 1 aromatic rings. The SMILES string of the molecule is CC(C)CC(N)C(=O)Nc1ccccc1SC(F)F. The minimum atomic E-state index is -2.53. The topological polar surface area (TPSA) is 55.1 Å². The van der Waals surface area contributed by atoms with Gasteiger partial charge in [-0.05, 0) is 24.5 Å². The van der Waals surface area contributed by atoms with Crippen molar-refractivity contribution >= 4 is 23.4 Å². The van der Waals surface area contributed by atoms with Crippen LogP contribution in [0.2, 0.25) is 0 Å². The van der Waals surface area contributed by atoms with E-state index in [1.807, 2.05) is 13.8 Å². The van der Waals surface area contributed by atoms with Crippen LogP contribution in [-0.4, -0.2) is 17.7 Å². The molecule has 3 N–H and O–H groups in total. The molecule has 1 unspecified atom stereocenters. The number of thioether (sulfide) groups is 1. The van der Waals surface area contributed by atoms with E-state index in [1.54, 1.807) is 24.3 Å². The van der Waals surface area contributed by atoms with E-state index in [0.29, 0.717) is 34.7 Å². The van der Waals surface area contributed by atoms with Crippen molar-refractivity contribution in [3.05, 3.63) is 24.3 Å². The van der Waals surface area contributed by atoms with E-state index in [2.05, 4.69) is 5.32 Å². The summed E-state index contributed by atoms with van der Waals surface area (Å²) < 4.78 is 24.8. The molecule has 1 atom stereocenters. The lowest BCUT2D eigenvalue weighted by molar-refractivity contribution is -0.117. The second kappa shape index (κ2) is 7.45. The Morgan fingerprint density at radius 3 is 2.58 bits per heavy atom. The van der Waals surface area contributed by atoms with Crippen LogP contribution in [0.3, 0.4) is 0 Å². The van der Waals surface area contributed by atoms with Crippen molar-refractivity contribution in [3.63, 3.8) is 0 Å². The maximum absolute atomic E-state index is 12.4. The van der Waals surface area contributed by atoms with Crippen LogP contribution >= 0.6 is 11.8 Å². The number of anilines is 1. The molecule has 0 saturated carbocycles. The molecule has 1 aromatic carbocycles. The van der Waals surface area contributed by atoms with Crippen molar-refractivity contribution < 1.29 is 13.6 Å². The van der Waals surface area contributed by atoms with Crippen LogP contribution in [0.15, 0.2) is 29.2 Å². The first-order chi connectivity index (χ1) is 8.90. The largest absolute Gasteiger partial charge is 0.324 e. The van der Waals surface area contributed by atoms with Crippen LogP contribution in [-0.2, 0) is 4.79 Å². The van der Waals surface area contributed by atoms with Crippen LogP contribution in [0, 0.1) is 5.92 Å². The molecule has 0 saturated heterocycles. The average Bonchev–Trinajstić information content (AvgIpc) is 2.30. The van der Waals surface area contributed by atoms with Gasteiger partial charge in [-0.3, -0.25) is 4.79 Å². The fraction of sp³-hybridized carbons (Fsp3) is 0.462. The predicted molar refractivity (Wildman–Crippen MR) is 74.4 cm³/mol. The first kappa shape index (κ1) is 15.9. The van der Waals surface area contributed by atoms with E-state index in [1.165, 1.54) is 0 Å². The van der Waals surface area contributed by atoms with Gasteiger partial charge >= 0.3 is 0 Å². The van der Waals surface area contributed by atoms with Crippen molar-refractivity contribution in [2.24, 2.45) is 11.7 Å². The third-order valence-electron chi connectivity index (χ3n) is 2.42. The molecule has 6 heteroatoms. The molecule has 0 fully saturated rings. The molecular formula is C13H18F2N2OS. The number of hydrogen-bond donors (Lipinski definition) is 2. The van der Waals surface area contributed by atoms with Crippen molar-refractivity contribution in [2.45, 2.75) is 37.0 Å². The summed E-state index contributed by atoms with van der Waals surface area (Å²) in [5.41, 5.74) is 6.12. The monoisotopic (exact) mass is 288 g/mol. The predicted octanol–water partition coefficient (Wildman–Crippen LogP) is 3.31. The molecule has 0 aromatic heterocycles. The average molecular weight is 288 g/mol. The lowest BCUT2D eigenvalue weighted by Gasteiger charge is -2.15. The van der Waals surface area contributed by atoms with Gasteiger partial charge in [0.15, 0.2) is 0 Å². The highest BCUT2D eigenvalue weighted by molar-refractivity contribution is 7.99. The van der Waals surface area contributed by atoms with Gasteiger partial charge in [-0.25, -0.2) is 0 Å². The molecular weight excluding hydrogens is 270 g/mol. The minimum absolute atomic E-state index is 0.298. The Bertz CT molecular complexity index is 427. The Labute approximate surface area is 115 Å². The molecule has 3 nitrogen and oxygen atoms in total. The molecule has 0 radical (unpaired) electrons. The van der Waals surface area contributed by atoms with Gasteiger partial charge in [-0.15, -0.1) is 0 Å².